The summed E-state index contributed by atoms with van der Waals surface area (Å²) in [5.74, 6) is 1.02. The molecule has 0 spiro atoms. The van der Waals surface area contributed by atoms with Crippen molar-refractivity contribution in [3.8, 4) is 0 Å². The number of hydrogen-bond donors (Lipinski definition) is 1. The smallest absolute Gasteiger partial charge is 0.123 e. The SMILES string of the molecule is CCNC(Cc1ccc(Cl)cc1)c1occc1C. The Morgan fingerprint density at radius 3 is 2.50 bits per heavy atom. The molecule has 0 amide bonds. The Labute approximate surface area is 113 Å². The number of hydrogen-bond acceptors (Lipinski definition) is 2. The predicted molar refractivity (Wildman–Crippen MR) is 75.0 cm³/mol. The fraction of sp³-hybridized carbons (Fsp3) is 0.333. The van der Waals surface area contributed by atoms with Gasteiger partial charge in [0.1, 0.15) is 5.76 Å². The minimum absolute atomic E-state index is 0.214. The summed E-state index contributed by atoms with van der Waals surface area (Å²) in [5.41, 5.74) is 2.44. The van der Waals surface area contributed by atoms with Crippen LogP contribution in [0.25, 0.3) is 0 Å². The topological polar surface area (TPSA) is 25.2 Å². The van der Waals surface area contributed by atoms with Crippen LogP contribution in [0.3, 0.4) is 0 Å². The zero-order valence-electron chi connectivity index (χ0n) is 10.7. The van der Waals surface area contributed by atoms with Crippen molar-refractivity contribution in [1.29, 1.82) is 0 Å². The molecule has 1 aromatic carbocycles. The monoisotopic (exact) mass is 263 g/mol. The van der Waals surface area contributed by atoms with E-state index in [0.717, 1.165) is 23.7 Å². The summed E-state index contributed by atoms with van der Waals surface area (Å²) in [5, 5.41) is 4.23. The molecule has 1 unspecified atom stereocenters. The highest BCUT2D eigenvalue weighted by Gasteiger charge is 2.16. The third-order valence-electron chi connectivity index (χ3n) is 3.02. The minimum atomic E-state index is 0.214. The Balaban J connectivity index is 2.16. The van der Waals surface area contributed by atoms with Gasteiger partial charge in [-0.3, -0.25) is 0 Å². The van der Waals surface area contributed by atoms with E-state index in [-0.39, 0.29) is 6.04 Å². The second-order valence-corrected chi connectivity index (χ2v) is 4.85. The maximum Gasteiger partial charge on any atom is 0.123 e. The first-order valence-electron chi connectivity index (χ1n) is 6.22. The van der Waals surface area contributed by atoms with Crippen molar-refractivity contribution in [3.05, 3.63) is 58.5 Å². The summed E-state index contributed by atoms with van der Waals surface area (Å²) in [6.45, 7) is 5.09. The first-order chi connectivity index (χ1) is 8.70. The van der Waals surface area contributed by atoms with Crippen LogP contribution in [-0.2, 0) is 6.42 Å². The highest BCUT2D eigenvalue weighted by molar-refractivity contribution is 6.30. The van der Waals surface area contributed by atoms with Crippen LogP contribution in [0.15, 0.2) is 41.0 Å². The standard InChI is InChI=1S/C15H18ClNO/c1-3-17-14(15-11(2)8-9-18-15)10-12-4-6-13(16)7-5-12/h4-9,14,17H,3,10H2,1-2H3. The summed E-state index contributed by atoms with van der Waals surface area (Å²) in [6.07, 6.45) is 2.65. The molecule has 0 aliphatic rings. The lowest BCUT2D eigenvalue weighted by Crippen LogP contribution is -2.23. The zero-order chi connectivity index (χ0) is 13.0. The summed E-state index contributed by atoms with van der Waals surface area (Å²) in [7, 11) is 0. The molecule has 2 aromatic rings. The number of likely N-dealkylation sites (N-methyl/N-ethyl adjacent to an activating group) is 1. The van der Waals surface area contributed by atoms with Crippen LogP contribution in [0.1, 0.15) is 29.9 Å². The second-order valence-electron chi connectivity index (χ2n) is 4.41. The number of furan rings is 1. The van der Waals surface area contributed by atoms with E-state index < -0.39 is 0 Å². The molecule has 1 N–H and O–H groups in total. The Hall–Kier alpha value is -1.25. The normalized spacial score (nSPS) is 12.6. The predicted octanol–water partition coefficient (Wildman–Crippen LogP) is 4.13. The van der Waals surface area contributed by atoms with Crippen LogP contribution in [0.2, 0.25) is 5.02 Å². The number of nitrogens with one attached hydrogen (secondary N) is 1. The average Bonchev–Trinajstić information content (AvgIpc) is 2.78. The average molecular weight is 264 g/mol. The quantitative estimate of drug-likeness (QED) is 0.877. The van der Waals surface area contributed by atoms with Crippen LogP contribution < -0.4 is 5.32 Å². The van der Waals surface area contributed by atoms with Crippen LogP contribution in [0.4, 0.5) is 0 Å². The molecule has 2 rings (SSSR count). The zero-order valence-corrected chi connectivity index (χ0v) is 11.5. The number of aryl methyl sites for hydroxylation is 1. The molecular formula is C15H18ClNO. The van der Waals surface area contributed by atoms with E-state index >= 15 is 0 Å². The van der Waals surface area contributed by atoms with E-state index in [4.69, 9.17) is 16.0 Å². The lowest BCUT2D eigenvalue weighted by atomic mass is 10.0. The van der Waals surface area contributed by atoms with Gasteiger partial charge < -0.3 is 9.73 Å². The van der Waals surface area contributed by atoms with Gasteiger partial charge in [0.2, 0.25) is 0 Å². The van der Waals surface area contributed by atoms with Crippen molar-refractivity contribution in [2.75, 3.05) is 6.54 Å². The molecule has 0 bridgehead atoms. The molecule has 1 heterocycles. The van der Waals surface area contributed by atoms with E-state index in [2.05, 4.69) is 31.3 Å². The van der Waals surface area contributed by atoms with Crippen molar-refractivity contribution < 1.29 is 4.42 Å². The molecule has 0 saturated carbocycles. The van der Waals surface area contributed by atoms with Crippen LogP contribution in [-0.4, -0.2) is 6.54 Å². The number of rotatable bonds is 5. The third-order valence-corrected chi connectivity index (χ3v) is 3.27. The lowest BCUT2D eigenvalue weighted by molar-refractivity contribution is 0.413. The van der Waals surface area contributed by atoms with Gasteiger partial charge in [-0.05, 0) is 49.2 Å². The third kappa shape index (κ3) is 3.15. The first-order valence-corrected chi connectivity index (χ1v) is 6.60. The maximum atomic E-state index is 5.90. The number of halogens is 1. The van der Waals surface area contributed by atoms with Crippen molar-refractivity contribution >= 4 is 11.6 Å². The van der Waals surface area contributed by atoms with Gasteiger partial charge >= 0.3 is 0 Å². The molecule has 96 valence electrons. The fourth-order valence-electron chi connectivity index (χ4n) is 2.10. The largest absolute Gasteiger partial charge is 0.467 e. The van der Waals surface area contributed by atoms with E-state index in [1.165, 1.54) is 11.1 Å². The van der Waals surface area contributed by atoms with Gasteiger partial charge in [0.15, 0.2) is 0 Å². The van der Waals surface area contributed by atoms with Crippen molar-refractivity contribution in [2.24, 2.45) is 0 Å². The van der Waals surface area contributed by atoms with Crippen molar-refractivity contribution in [1.82, 2.24) is 5.32 Å². The molecule has 18 heavy (non-hydrogen) atoms. The van der Waals surface area contributed by atoms with Crippen LogP contribution >= 0.6 is 11.6 Å². The summed E-state index contributed by atoms with van der Waals surface area (Å²) in [6, 6.07) is 10.2. The second kappa shape index (κ2) is 6.07. The van der Waals surface area contributed by atoms with E-state index in [9.17, 15) is 0 Å². The molecule has 2 nitrogen and oxygen atoms in total. The van der Waals surface area contributed by atoms with Gasteiger partial charge in [0.05, 0.1) is 12.3 Å². The lowest BCUT2D eigenvalue weighted by Gasteiger charge is -2.16. The Morgan fingerprint density at radius 1 is 1.22 bits per heavy atom. The van der Waals surface area contributed by atoms with Crippen LogP contribution in [0, 0.1) is 6.92 Å². The van der Waals surface area contributed by atoms with Crippen molar-refractivity contribution in [2.45, 2.75) is 26.3 Å². The molecule has 0 saturated heterocycles. The van der Waals surface area contributed by atoms with Gasteiger partial charge in [-0.1, -0.05) is 30.7 Å². The fourth-order valence-corrected chi connectivity index (χ4v) is 2.23. The molecule has 0 aliphatic carbocycles. The molecule has 0 aliphatic heterocycles. The number of benzene rings is 1. The molecule has 3 heteroatoms. The molecule has 1 atom stereocenters. The summed E-state index contributed by atoms with van der Waals surface area (Å²) < 4.78 is 5.59. The van der Waals surface area contributed by atoms with E-state index in [1.54, 1.807) is 6.26 Å². The summed E-state index contributed by atoms with van der Waals surface area (Å²) in [4.78, 5) is 0. The Morgan fingerprint density at radius 2 is 1.94 bits per heavy atom. The summed E-state index contributed by atoms with van der Waals surface area (Å²) >= 11 is 5.90. The molecule has 0 radical (unpaired) electrons. The van der Waals surface area contributed by atoms with Gasteiger partial charge in [-0.15, -0.1) is 0 Å². The Kier molecular flexibility index (Phi) is 4.45. The van der Waals surface area contributed by atoms with Gasteiger partial charge in [-0.25, -0.2) is 0 Å². The molecule has 1 aromatic heterocycles. The highest BCUT2D eigenvalue weighted by Crippen LogP contribution is 2.23. The highest BCUT2D eigenvalue weighted by atomic mass is 35.5. The first kappa shape index (κ1) is 13.2. The maximum absolute atomic E-state index is 5.90. The van der Waals surface area contributed by atoms with Gasteiger partial charge in [0.25, 0.3) is 0 Å². The van der Waals surface area contributed by atoms with E-state index in [0.29, 0.717) is 0 Å². The Bertz CT molecular complexity index is 489. The van der Waals surface area contributed by atoms with E-state index in [1.807, 2.05) is 18.2 Å². The van der Waals surface area contributed by atoms with Gasteiger partial charge in [-0.2, -0.15) is 0 Å². The molecular weight excluding hydrogens is 246 g/mol. The van der Waals surface area contributed by atoms with Crippen molar-refractivity contribution in [3.63, 3.8) is 0 Å². The van der Waals surface area contributed by atoms with Crippen LogP contribution in [0.5, 0.6) is 0 Å². The van der Waals surface area contributed by atoms with Gasteiger partial charge in [0, 0.05) is 5.02 Å². The minimum Gasteiger partial charge on any atom is -0.467 e. The molecule has 0 fully saturated rings.